The third kappa shape index (κ3) is 3.22. The van der Waals surface area contributed by atoms with Gasteiger partial charge < -0.3 is 14.9 Å². The van der Waals surface area contributed by atoms with Crippen molar-refractivity contribution < 1.29 is 14.9 Å². The Kier molecular flexibility index (Phi) is 4.12. The van der Waals surface area contributed by atoms with Crippen molar-refractivity contribution in [1.82, 2.24) is 0 Å². The van der Waals surface area contributed by atoms with Gasteiger partial charge in [0, 0.05) is 5.56 Å². The predicted molar refractivity (Wildman–Crippen MR) is 58.8 cm³/mol. The van der Waals surface area contributed by atoms with E-state index >= 15 is 0 Å². The smallest absolute Gasteiger partial charge is 0.125 e. The molecule has 1 rings (SSSR count). The monoisotopic (exact) mass is 210 g/mol. The summed E-state index contributed by atoms with van der Waals surface area (Å²) in [5, 5.41) is 18.8. The van der Waals surface area contributed by atoms with Gasteiger partial charge in [-0.25, -0.2) is 0 Å². The normalized spacial score (nSPS) is 16.9. The lowest BCUT2D eigenvalue weighted by Gasteiger charge is -2.20. The second-order valence-corrected chi connectivity index (χ2v) is 3.78. The Morgan fingerprint density at radius 2 is 1.67 bits per heavy atom. The predicted octanol–water partition coefficient (Wildman–Crippen LogP) is 1.89. The zero-order valence-electron chi connectivity index (χ0n) is 9.34. The maximum atomic E-state index is 9.51. The molecule has 0 spiro atoms. The first kappa shape index (κ1) is 12.0. The Balaban J connectivity index is 2.84. The molecule has 0 radical (unpaired) electrons. The van der Waals surface area contributed by atoms with Gasteiger partial charge in [-0.3, -0.25) is 0 Å². The highest BCUT2D eigenvalue weighted by atomic mass is 16.5. The van der Waals surface area contributed by atoms with E-state index in [0.29, 0.717) is 5.75 Å². The fourth-order valence-electron chi connectivity index (χ4n) is 1.23. The van der Waals surface area contributed by atoms with Crippen molar-refractivity contribution in [2.24, 2.45) is 0 Å². The van der Waals surface area contributed by atoms with Crippen molar-refractivity contribution in [3.63, 3.8) is 0 Å². The number of ether oxygens (including phenoxy) is 1. The average molecular weight is 210 g/mol. The van der Waals surface area contributed by atoms with Crippen LogP contribution in [0.15, 0.2) is 24.3 Å². The minimum atomic E-state index is -0.567. The van der Waals surface area contributed by atoms with Gasteiger partial charge in [0.2, 0.25) is 0 Å². The molecule has 2 N–H and O–H groups in total. The molecule has 0 aliphatic carbocycles. The Morgan fingerprint density at radius 1 is 1.07 bits per heavy atom. The van der Waals surface area contributed by atoms with Gasteiger partial charge in [-0.15, -0.1) is 0 Å². The van der Waals surface area contributed by atoms with Gasteiger partial charge >= 0.3 is 0 Å². The summed E-state index contributed by atoms with van der Waals surface area (Å²) in [6, 6.07) is 7.30. The molecule has 0 aliphatic rings. The highest BCUT2D eigenvalue weighted by molar-refractivity contribution is 5.34. The van der Waals surface area contributed by atoms with E-state index in [2.05, 4.69) is 0 Å². The standard InChI is InChI=1S/C12H18O3/c1-8(13)10(3)15-12-7-5-4-6-11(12)9(2)14/h4-10,13-14H,1-3H3. The van der Waals surface area contributed by atoms with Crippen LogP contribution < -0.4 is 4.74 Å². The summed E-state index contributed by atoms with van der Waals surface area (Å²) in [6.45, 7) is 5.16. The minimum absolute atomic E-state index is 0.287. The Bertz CT molecular complexity index is 307. The molecule has 1 aromatic rings. The molecule has 0 aromatic heterocycles. The molecule has 3 heteroatoms. The average Bonchev–Trinajstić information content (AvgIpc) is 2.18. The largest absolute Gasteiger partial charge is 0.488 e. The number of aliphatic hydroxyl groups is 2. The molecule has 0 saturated carbocycles. The molecule has 15 heavy (non-hydrogen) atoms. The molecule has 0 saturated heterocycles. The van der Waals surface area contributed by atoms with Gasteiger partial charge in [0.1, 0.15) is 11.9 Å². The molecule has 0 amide bonds. The van der Waals surface area contributed by atoms with Crippen LogP contribution in [0.4, 0.5) is 0 Å². The number of aliphatic hydroxyl groups excluding tert-OH is 2. The van der Waals surface area contributed by atoms with Crippen molar-refractivity contribution in [2.75, 3.05) is 0 Å². The number of benzene rings is 1. The Morgan fingerprint density at radius 3 is 2.20 bits per heavy atom. The van der Waals surface area contributed by atoms with Gasteiger partial charge in [0.25, 0.3) is 0 Å². The topological polar surface area (TPSA) is 49.7 Å². The molecular weight excluding hydrogens is 192 g/mol. The maximum absolute atomic E-state index is 9.51. The van der Waals surface area contributed by atoms with Crippen LogP contribution in [0, 0.1) is 0 Å². The fourth-order valence-corrected chi connectivity index (χ4v) is 1.23. The molecule has 3 atom stereocenters. The molecule has 84 valence electrons. The third-order valence-corrected chi connectivity index (χ3v) is 2.36. The van der Waals surface area contributed by atoms with Crippen molar-refractivity contribution in [3.8, 4) is 5.75 Å². The SMILES string of the molecule is CC(O)c1ccccc1OC(C)C(C)O. The summed E-state index contributed by atoms with van der Waals surface area (Å²) >= 11 is 0. The summed E-state index contributed by atoms with van der Waals surface area (Å²) < 4.78 is 5.56. The first-order valence-electron chi connectivity index (χ1n) is 5.14. The van der Waals surface area contributed by atoms with Gasteiger partial charge in [0.15, 0.2) is 0 Å². The first-order valence-corrected chi connectivity index (χ1v) is 5.14. The lowest BCUT2D eigenvalue weighted by molar-refractivity contribution is 0.0577. The lowest BCUT2D eigenvalue weighted by atomic mass is 10.1. The van der Waals surface area contributed by atoms with E-state index in [4.69, 9.17) is 4.74 Å². The van der Waals surface area contributed by atoms with Crippen molar-refractivity contribution in [1.29, 1.82) is 0 Å². The molecule has 0 aliphatic heterocycles. The highest BCUT2D eigenvalue weighted by Gasteiger charge is 2.14. The first-order chi connectivity index (χ1) is 7.02. The van der Waals surface area contributed by atoms with E-state index in [-0.39, 0.29) is 6.10 Å². The summed E-state index contributed by atoms with van der Waals surface area (Å²) in [6.07, 6.45) is -1.39. The third-order valence-electron chi connectivity index (χ3n) is 2.36. The van der Waals surface area contributed by atoms with Crippen LogP contribution in [0.5, 0.6) is 5.75 Å². The van der Waals surface area contributed by atoms with E-state index in [1.165, 1.54) is 0 Å². The Hall–Kier alpha value is -1.06. The number of rotatable bonds is 4. The fraction of sp³-hybridized carbons (Fsp3) is 0.500. The van der Waals surface area contributed by atoms with E-state index in [1.54, 1.807) is 26.8 Å². The van der Waals surface area contributed by atoms with Crippen LogP contribution in [0.3, 0.4) is 0 Å². The van der Waals surface area contributed by atoms with Gasteiger partial charge in [-0.05, 0) is 26.8 Å². The highest BCUT2D eigenvalue weighted by Crippen LogP contribution is 2.25. The quantitative estimate of drug-likeness (QED) is 0.797. The van der Waals surface area contributed by atoms with Crippen LogP contribution in [0.1, 0.15) is 32.4 Å². The van der Waals surface area contributed by atoms with Crippen LogP contribution in [0.25, 0.3) is 0 Å². The molecule has 0 fully saturated rings. The van der Waals surface area contributed by atoms with Gasteiger partial charge in [0.05, 0.1) is 12.2 Å². The zero-order chi connectivity index (χ0) is 11.4. The van der Waals surface area contributed by atoms with Crippen molar-refractivity contribution in [2.45, 2.75) is 39.1 Å². The van der Waals surface area contributed by atoms with E-state index in [0.717, 1.165) is 5.56 Å². The van der Waals surface area contributed by atoms with Crippen molar-refractivity contribution in [3.05, 3.63) is 29.8 Å². The van der Waals surface area contributed by atoms with Crippen molar-refractivity contribution >= 4 is 0 Å². The van der Waals surface area contributed by atoms with Gasteiger partial charge in [-0.2, -0.15) is 0 Å². The van der Waals surface area contributed by atoms with Crippen LogP contribution in [-0.4, -0.2) is 22.4 Å². The van der Waals surface area contributed by atoms with Crippen LogP contribution >= 0.6 is 0 Å². The summed E-state index contributed by atoms with van der Waals surface area (Å²) in [4.78, 5) is 0. The molecule has 1 aromatic carbocycles. The summed E-state index contributed by atoms with van der Waals surface area (Å²) in [7, 11) is 0. The zero-order valence-corrected chi connectivity index (χ0v) is 9.34. The van der Waals surface area contributed by atoms with E-state index in [1.807, 2.05) is 18.2 Å². The van der Waals surface area contributed by atoms with Crippen LogP contribution in [-0.2, 0) is 0 Å². The number of hydrogen-bond donors (Lipinski definition) is 2. The summed E-state index contributed by atoms with van der Waals surface area (Å²) in [5.41, 5.74) is 0.741. The molecule has 3 nitrogen and oxygen atoms in total. The van der Waals surface area contributed by atoms with E-state index in [9.17, 15) is 10.2 Å². The molecule has 0 bridgehead atoms. The maximum Gasteiger partial charge on any atom is 0.125 e. The van der Waals surface area contributed by atoms with Crippen LogP contribution in [0.2, 0.25) is 0 Å². The number of para-hydroxylation sites is 1. The number of hydrogen-bond acceptors (Lipinski definition) is 3. The van der Waals surface area contributed by atoms with Gasteiger partial charge in [-0.1, -0.05) is 18.2 Å². The lowest BCUT2D eigenvalue weighted by Crippen LogP contribution is -2.26. The second-order valence-electron chi connectivity index (χ2n) is 3.78. The second kappa shape index (κ2) is 5.14. The molecule has 0 heterocycles. The Labute approximate surface area is 90.3 Å². The molecule has 3 unspecified atom stereocenters. The summed E-state index contributed by atoms with van der Waals surface area (Å²) in [5.74, 6) is 0.626. The molecular formula is C12H18O3. The minimum Gasteiger partial charge on any atom is -0.488 e. The van der Waals surface area contributed by atoms with E-state index < -0.39 is 12.2 Å².